The van der Waals surface area contributed by atoms with E-state index in [1.165, 1.54) is 11.4 Å². The zero-order chi connectivity index (χ0) is 27.4. The van der Waals surface area contributed by atoms with Crippen LogP contribution < -0.4 is 15.0 Å². The number of nitrogens with one attached hydrogen (secondary N) is 1. The number of methoxy groups -OCH3 is 1. The molecule has 1 amide bonds. The lowest BCUT2D eigenvalue weighted by Gasteiger charge is -2.38. The van der Waals surface area contributed by atoms with Gasteiger partial charge in [0.2, 0.25) is 15.9 Å². The fourth-order valence-corrected chi connectivity index (χ4v) is 7.05. The van der Waals surface area contributed by atoms with Crippen molar-refractivity contribution in [2.24, 2.45) is 10.9 Å². The fraction of sp³-hybridized carbons (Fsp3) is 0.500. The summed E-state index contributed by atoms with van der Waals surface area (Å²) in [6.07, 6.45) is 4.29. The summed E-state index contributed by atoms with van der Waals surface area (Å²) in [5, 5.41) is 2.89. The molecule has 38 heavy (non-hydrogen) atoms. The average molecular weight is 542 g/mol. The zero-order valence-corrected chi connectivity index (χ0v) is 23.8. The lowest BCUT2D eigenvalue weighted by atomic mass is 9.89. The molecule has 1 atom stereocenters. The molecule has 10 heteroatoms. The molecule has 2 aromatic carbocycles. The molecule has 0 aromatic heterocycles. The quantitative estimate of drug-likeness (QED) is 0.522. The van der Waals surface area contributed by atoms with Gasteiger partial charge in [-0.1, -0.05) is 0 Å². The van der Waals surface area contributed by atoms with Crippen LogP contribution in [0.4, 0.5) is 11.4 Å². The number of piperidine rings is 1. The molecule has 9 nitrogen and oxygen atoms in total. The van der Waals surface area contributed by atoms with E-state index in [9.17, 15) is 13.2 Å². The molecule has 1 fully saturated rings. The van der Waals surface area contributed by atoms with Crippen molar-refractivity contribution in [3.05, 3.63) is 47.5 Å². The predicted octanol–water partition coefficient (Wildman–Crippen LogP) is 3.52. The number of amides is 1. The van der Waals surface area contributed by atoms with Gasteiger partial charge in [0, 0.05) is 51.5 Å². The Labute approximate surface area is 226 Å². The molecule has 206 valence electrons. The Bertz CT molecular complexity index is 1250. The van der Waals surface area contributed by atoms with Gasteiger partial charge < -0.3 is 19.9 Å². The molecule has 2 aliphatic rings. The molecule has 0 aliphatic carbocycles. The Balaban J connectivity index is 1.27. The van der Waals surface area contributed by atoms with E-state index in [0.717, 1.165) is 38.2 Å². The molecular formula is C28H39N5O4S. The Morgan fingerprint density at radius 3 is 2.32 bits per heavy atom. The molecule has 0 bridgehead atoms. The summed E-state index contributed by atoms with van der Waals surface area (Å²) >= 11 is 0. The van der Waals surface area contributed by atoms with Gasteiger partial charge in [-0.2, -0.15) is 0 Å². The van der Waals surface area contributed by atoms with E-state index in [-0.39, 0.29) is 23.8 Å². The molecule has 2 aromatic rings. The summed E-state index contributed by atoms with van der Waals surface area (Å²) in [7, 11) is 1.42. The lowest BCUT2D eigenvalue weighted by Crippen LogP contribution is -2.43. The van der Waals surface area contributed by atoms with E-state index in [0.29, 0.717) is 34.5 Å². The normalized spacial score (nSPS) is 18.3. The fourth-order valence-electron chi connectivity index (χ4n) is 5.47. The second kappa shape index (κ2) is 11.7. The van der Waals surface area contributed by atoms with Crippen LogP contribution >= 0.6 is 0 Å². The molecular weight excluding hydrogens is 502 g/mol. The first kappa shape index (κ1) is 27.9. The third-order valence-corrected chi connectivity index (χ3v) is 9.83. The van der Waals surface area contributed by atoms with Crippen molar-refractivity contribution in [1.82, 2.24) is 9.21 Å². The van der Waals surface area contributed by atoms with Crippen LogP contribution in [0.25, 0.3) is 0 Å². The van der Waals surface area contributed by atoms with Crippen LogP contribution in [0.2, 0.25) is 0 Å². The van der Waals surface area contributed by atoms with E-state index < -0.39 is 10.0 Å². The maximum absolute atomic E-state index is 13.2. The number of aryl methyl sites for hydroxylation is 2. The van der Waals surface area contributed by atoms with E-state index in [1.54, 1.807) is 33.1 Å². The standard InChI is InChI=1S/C28H39N5O4S/c1-20-16-25(37-5)17-21(2)28(20)38(35,36)32(4)13-12-27(34)30-23-6-8-24(9-7-23)33-14-10-22(11-15-33)26-18-29-19-31(26)3/h6-9,16-17,19,22,26H,10-15,18H2,1-5H3,(H,30,34). The third-order valence-electron chi connectivity index (χ3n) is 7.67. The van der Waals surface area contributed by atoms with Crippen LogP contribution in [0.1, 0.15) is 30.4 Å². The highest BCUT2D eigenvalue weighted by Crippen LogP contribution is 2.30. The van der Waals surface area contributed by atoms with Gasteiger partial charge in [0.15, 0.2) is 0 Å². The van der Waals surface area contributed by atoms with Gasteiger partial charge in [-0.15, -0.1) is 0 Å². The highest BCUT2D eigenvalue weighted by atomic mass is 32.2. The SMILES string of the molecule is COc1cc(C)c(S(=O)(=O)N(C)CCC(=O)Nc2ccc(N3CCC(C4CN=CN4C)CC3)cc2)c(C)c1. The lowest BCUT2D eigenvalue weighted by molar-refractivity contribution is -0.116. The summed E-state index contributed by atoms with van der Waals surface area (Å²) in [5.74, 6) is 1.05. The number of benzene rings is 2. The van der Waals surface area contributed by atoms with E-state index in [4.69, 9.17) is 4.74 Å². The van der Waals surface area contributed by atoms with Crippen LogP contribution in [0.15, 0.2) is 46.3 Å². The number of sulfonamides is 1. The number of aliphatic imine (C=N–C) groups is 1. The number of likely N-dealkylation sites (N-methyl/N-ethyl adjacent to an activating group) is 1. The van der Waals surface area contributed by atoms with Crippen LogP contribution in [0.3, 0.4) is 0 Å². The molecule has 0 saturated carbocycles. The summed E-state index contributed by atoms with van der Waals surface area (Å²) in [5.41, 5.74) is 3.07. The summed E-state index contributed by atoms with van der Waals surface area (Å²) in [4.78, 5) is 21.9. The second-order valence-corrected chi connectivity index (χ2v) is 12.3. The van der Waals surface area contributed by atoms with Crippen molar-refractivity contribution < 1.29 is 17.9 Å². The smallest absolute Gasteiger partial charge is 0.243 e. The predicted molar refractivity (Wildman–Crippen MR) is 152 cm³/mol. The topological polar surface area (TPSA) is 94.5 Å². The third kappa shape index (κ3) is 6.13. The van der Waals surface area contributed by atoms with Crippen LogP contribution in [0.5, 0.6) is 5.75 Å². The first-order chi connectivity index (χ1) is 18.1. The monoisotopic (exact) mass is 541 g/mol. The van der Waals surface area contributed by atoms with E-state index in [1.807, 2.05) is 30.6 Å². The minimum atomic E-state index is -3.74. The van der Waals surface area contributed by atoms with E-state index >= 15 is 0 Å². The number of hydrogen-bond donors (Lipinski definition) is 1. The van der Waals surface area contributed by atoms with Crippen molar-refractivity contribution in [1.29, 1.82) is 0 Å². The number of carbonyl (C=O) groups excluding carboxylic acids is 1. The van der Waals surface area contributed by atoms with Crippen LogP contribution in [-0.2, 0) is 14.8 Å². The number of carbonyl (C=O) groups is 1. The molecule has 1 N–H and O–H groups in total. The minimum absolute atomic E-state index is 0.0541. The number of hydrogen-bond acceptors (Lipinski definition) is 7. The van der Waals surface area contributed by atoms with Crippen molar-refractivity contribution in [3.8, 4) is 5.75 Å². The molecule has 1 unspecified atom stereocenters. The molecule has 2 aliphatic heterocycles. The van der Waals surface area contributed by atoms with Gasteiger partial charge in [-0.25, -0.2) is 12.7 Å². The number of anilines is 2. The number of ether oxygens (including phenoxy) is 1. The number of nitrogens with zero attached hydrogens (tertiary/aromatic N) is 4. The summed E-state index contributed by atoms with van der Waals surface area (Å²) < 4.78 is 32.8. The van der Waals surface area contributed by atoms with Crippen LogP contribution in [0, 0.1) is 19.8 Å². The van der Waals surface area contributed by atoms with Gasteiger partial charge in [-0.05, 0) is 80.1 Å². The average Bonchev–Trinajstić information content (AvgIpc) is 3.32. The molecule has 0 spiro atoms. The van der Waals surface area contributed by atoms with Crippen molar-refractivity contribution >= 4 is 33.6 Å². The van der Waals surface area contributed by atoms with Crippen molar-refractivity contribution in [2.45, 2.75) is 44.0 Å². The maximum atomic E-state index is 13.2. The van der Waals surface area contributed by atoms with Gasteiger partial charge in [0.25, 0.3) is 0 Å². The molecule has 1 saturated heterocycles. The van der Waals surface area contributed by atoms with Gasteiger partial charge in [0.05, 0.1) is 30.9 Å². The van der Waals surface area contributed by atoms with Crippen LogP contribution in [-0.4, -0.2) is 83.3 Å². The Morgan fingerprint density at radius 1 is 1.13 bits per heavy atom. The Morgan fingerprint density at radius 2 is 1.76 bits per heavy atom. The van der Waals surface area contributed by atoms with Crippen molar-refractivity contribution in [3.63, 3.8) is 0 Å². The van der Waals surface area contributed by atoms with E-state index in [2.05, 4.69) is 27.2 Å². The minimum Gasteiger partial charge on any atom is -0.497 e. The Kier molecular flexibility index (Phi) is 8.62. The first-order valence-corrected chi connectivity index (χ1v) is 14.5. The molecule has 4 rings (SSSR count). The van der Waals surface area contributed by atoms with Gasteiger partial charge in [-0.3, -0.25) is 9.79 Å². The largest absolute Gasteiger partial charge is 0.497 e. The molecule has 0 radical (unpaired) electrons. The summed E-state index contributed by atoms with van der Waals surface area (Å²) in [6, 6.07) is 11.8. The zero-order valence-electron chi connectivity index (χ0n) is 23.0. The summed E-state index contributed by atoms with van der Waals surface area (Å²) in [6.45, 7) is 6.49. The first-order valence-electron chi connectivity index (χ1n) is 13.1. The second-order valence-electron chi connectivity index (χ2n) is 10.3. The van der Waals surface area contributed by atoms with Crippen molar-refractivity contribution in [2.75, 3.05) is 57.6 Å². The highest BCUT2D eigenvalue weighted by Gasteiger charge is 2.30. The van der Waals surface area contributed by atoms with Gasteiger partial charge >= 0.3 is 0 Å². The molecule has 2 heterocycles. The number of rotatable bonds is 9. The highest BCUT2D eigenvalue weighted by molar-refractivity contribution is 7.89. The maximum Gasteiger partial charge on any atom is 0.243 e. The van der Waals surface area contributed by atoms with Gasteiger partial charge in [0.1, 0.15) is 5.75 Å². The Hall–Kier alpha value is -3.11.